The average molecular weight is 422 g/mol. The molecule has 0 amide bonds. The third-order valence-corrected chi connectivity index (χ3v) is 8.22. The van der Waals surface area contributed by atoms with E-state index in [-0.39, 0.29) is 10.9 Å². The van der Waals surface area contributed by atoms with Crippen molar-refractivity contribution in [3.05, 3.63) is 77.4 Å². The molecule has 3 aromatic rings. The lowest BCUT2D eigenvalue weighted by Crippen LogP contribution is -2.13. The summed E-state index contributed by atoms with van der Waals surface area (Å²) in [5.41, 5.74) is 4.16. The van der Waals surface area contributed by atoms with Gasteiger partial charge in [0.25, 0.3) is 0 Å². The molecule has 4 rings (SSSR count). The van der Waals surface area contributed by atoms with Gasteiger partial charge in [0, 0.05) is 11.1 Å². The molecule has 1 aliphatic rings. The Balaban J connectivity index is 0.000000403. The SMILES string of the molecule is Cc1cc(C)c([S+]2c3ccccc3Sc3ccccc32)c(C)c1.F[B-](F)(F)F. The summed E-state index contributed by atoms with van der Waals surface area (Å²) in [5.74, 6) is 0. The Kier molecular flexibility index (Phi) is 6.15. The van der Waals surface area contributed by atoms with Crippen molar-refractivity contribution in [1.29, 1.82) is 0 Å². The van der Waals surface area contributed by atoms with E-state index >= 15 is 0 Å². The Morgan fingerprint density at radius 2 is 1.11 bits per heavy atom. The van der Waals surface area contributed by atoms with Crippen LogP contribution in [0.15, 0.2) is 85.1 Å². The summed E-state index contributed by atoms with van der Waals surface area (Å²) in [4.78, 5) is 7.22. The van der Waals surface area contributed by atoms with Crippen molar-refractivity contribution in [3.63, 3.8) is 0 Å². The number of benzene rings is 3. The standard InChI is InChI=1S/C21H19S2.BF4/c1-14-12-15(2)21(16(3)13-14)23-19-10-6-4-8-17(19)22-18-9-5-7-11-20(18)23;2-1(3,4)5/h4-13H,1-3H3;/q+1;-1. The second kappa shape index (κ2) is 8.25. The molecule has 0 bridgehead atoms. The quantitative estimate of drug-likeness (QED) is 0.174. The molecule has 3 aromatic carbocycles. The molecule has 28 heavy (non-hydrogen) atoms. The van der Waals surface area contributed by atoms with Crippen molar-refractivity contribution >= 4 is 29.9 Å². The van der Waals surface area contributed by atoms with Gasteiger partial charge in [0.05, 0.1) is 9.79 Å². The molecule has 0 unspecified atom stereocenters. The first-order valence-electron chi connectivity index (χ1n) is 8.70. The zero-order valence-corrected chi connectivity index (χ0v) is 17.3. The number of aryl methyl sites for hydroxylation is 3. The Morgan fingerprint density at radius 3 is 1.54 bits per heavy atom. The van der Waals surface area contributed by atoms with Gasteiger partial charge >= 0.3 is 7.25 Å². The number of hydrogen-bond donors (Lipinski definition) is 0. The molecule has 0 N–H and O–H groups in total. The first-order valence-corrected chi connectivity index (χ1v) is 10.7. The van der Waals surface area contributed by atoms with Crippen LogP contribution in [-0.2, 0) is 10.9 Å². The molecule has 146 valence electrons. The van der Waals surface area contributed by atoms with E-state index in [9.17, 15) is 17.3 Å². The van der Waals surface area contributed by atoms with Gasteiger partial charge in [-0.3, -0.25) is 0 Å². The first-order chi connectivity index (χ1) is 13.1. The normalized spacial score (nSPS) is 13.2. The molecular formula is C21H19BF4S2. The van der Waals surface area contributed by atoms with Crippen molar-refractivity contribution in [2.24, 2.45) is 0 Å². The second-order valence-electron chi connectivity index (χ2n) is 6.52. The summed E-state index contributed by atoms with van der Waals surface area (Å²) in [5, 5.41) is 0. The maximum absolute atomic E-state index is 9.75. The van der Waals surface area contributed by atoms with E-state index in [1.165, 1.54) is 41.2 Å². The number of fused-ring (bicyclic) bond motifs is 2. The van der Waals surface area contributed by atoms with Gasteiger partial charge in [-0.05, 0) is 45.0 Å². The van der Waals surface area contributed by atoms with Crippen LogP contribution < -0.4 is 0 Å². The van der Waals surface area contributed by atoms with Crippen LogP contribution in [0.4, 0.5) is 17.3 Å². The van der Waals surface area contributed by atoms with Crippen LogP contribution in [0.2, 0.25) is 0 Å². The van der Waals surface area contributed by atoms with Gasteiger partial charge in [0.1, 0.15) is 10.9 Å². The zero-order valence-electron chi connectivity index (χ0n) is 15.7. The molecule has 7 heteroatoms. The van der Waals surface area contributed by atoms with Crippen molar-refractivity contribution in [3.8, 4) is 0 Å². The Morgan fingerprint density at radius 1 is 0.714 bits per heavy atom. The fourth-order valence-electron chi connectivity index (χ4n) is 3.35. The predicted molar refractivity (Wildman–Crippen MR) is 110 cm³/mol. The number of rotatable bonds is 1. The summed E-state index contributed by atoms with van der Waals surface area (Å²) in [6, 6.07) is 22.4. The van der Waals surface area contributed by atoms with Crippen molar-refractivity contribution in [2.45, 2.75) is 45.2 Å². The molecule has 0 spiro atoms. The van der Waals surface area contributed by atoms with Crippen LogP contribution in [-0.4, -0.2) is 7.25 Å². The van der Waals surface area contributed by atoms with Gasteiger partial charge in [-0.15, -0.1) is 0 Å². The summed E-state index contributed by atoms with van der Waals surface area (Å²) < 4.78 is 39.0. The van der Waals surface area contributed by atoms with Gasteiger partial charge < -0.3 is 17.3 Å². The Hall–Kier alpha value is -1.86. The van der Waals surface area contributed by atoms with Crippen LogP contribution in [0.5, 0.6) is 0 Å². The lowest BCUT2D eigenvalue weighted by Gasteiger charge is -2.21. The molecule has 0 atom stereocenters. The van der Waals surface area contributed by atoms with Crippen LogP contribution >= 0.6 is 11.8 Å². The van der Waals surface area contributed by atoms with E-state index in [0.717, 1.165) is 0 Å². The predicted octanol–water partition coefficient (Wildman–Crippen LogP) is 7.47. The fourth-order valence-corrected chi connectivity index (χ4v) is 7.38. The highest BCUT2D eigenvalue weighted by Crippen LogP contribution is 2.49. The van der Waals surface area contributed by atoms with Crippen molar-refractivity contribution < 1.29 is 17.3 Å². The zero-order chi connectivity index (χ0) is 20.5. The van der Waals surface area contributed by atoms with Crippen molar-refractivity contribution in [2.75, 3.05) is 0 Å². The lowest BCUT2D eigenvalue weighted by molar-refractivity contribution is 0.368. The number of halogens is 4. The van der Waals surface area contributed by atoms with E-state index in [1.807, 2.05) is 11.8 Å². The minimum Gasteiger partial charge on any atom is -0.418 e. The Labute approximate surface area is 169 Å². The molecule has 0 aromatic heterocycles. The average Bonchev–Trinajstić information content (AvgIpc) is 2.59. The summed E-state index contributed by atoms with van der Waals surface area (Å²) in [7, 11) is -6.01. The van der Waals surface area contributed by atoms with Gasteiger partial charge in [0.15, 0.2) is 14.7 Å². The maximum atomic E-state index is 9.75. The Bertz CT molecular complexity index is 927. The van der Waals surface area contributed by atoms with E-state index in [1.54, 1.807) is 0 Å². The third-order valence-electron chi connectivity index (χ3n) is 4.17. The molecule has 0 radical (unpaired) electrons. The van der Waals surface area contributed by atoms with Crippen molar-refractivity contribution in [1.82, 2.24) is 0 Å². The molecular weight excluding hydrogens is 403 g/mol. The molecule has 0 fully saturated rings. The molecule has 1 heterocycles. The topological polar surface area (TPSA) is 0 Å². The van der Waals surface area contributed by atoms with Gasteiger partial charge in [0.2, 0.25) is 0 Å². The van der Waals surface area contributed by atoms with Gasteiger partial charge in [-0.25, -0.2) is 0 Å². The van der Waals surface area contributed by atoms with Crippen LogP contribution in [0, 0.1) is 20.8 Å². The van der Waals surface area contributed by atoms with E-state index < -0.39 is 7.25 Å². The summed E-state index contributed by atoms with van der Waals surface area (Å²) in [6.07, 6.45) is 0. The van der Waals surface area contributed by atoms with Gasteiger partial charge in [-0.2, -0.15) is 0 Å². The van der Waals surface area contributed by atoms with Crippen LogP contribution in [0.1, 0.15) is 16.7 Å². The molecule has 0 saturated carbocycles. The molecule has 1 aliphatic heterocycles. The van der Waals surface area contributed by atoms with Crippen LogP contribution in [0.3, 0.4) is 0 Å². The highest BCUT2D eigenvalue weighted by molar-refractivity contribution is 8.04. The molecule has 0 nitrogen and oxygen atoms in total. The number of hydrogen-bond acceptors (Lipinski definition) is 1. The fraction of sp³-hybridized carbons (Fsp3) is 0.143. The van der Waals surface area contributed by atoms with Crippen LogP contribution in [0.25, 0.3) is 0 Å². The highest BCUT2D eigenvalue weighted by atomic mass is 32.2. The minimum absolute atomic E-state index is 0.0102. The minimum atomic E-state index is -6.00. The maximum Gasteiger partial charge on any atom is 0.673 e. The van der Waals surface area contributed by atoms with E-state index in [4.69, 9.17) is 0 Å². The smallest absolute Gasteiger partial charge is 0.418 e. The summed E-state index contributed by atoms with van der Waals surface area (Å²) in [6.45, 7) is 6.70. The van der Waals surface area contributed by atoms with E-state index in [2.05, 4.69) is 81.4 Å². The van der Waals surface area contributed by atoms with E-state index in [0.29, 0.717) is 0 Å². The first kappa shape index (κ1) is 20.9. The second-order valence-corrected chi connectivity index (χ2v) is 9.51. The highest BCUT2D eigenvalue weighted by Gasteiger charge is 2.39. The third kappa shape index (κ3) is 4.76. The molecule has 0 aliphatic carbocycles. The largest absolute Gasteiger partial charge is 0.673 e. The lowest BCUT2D eigenvalue weighted by atomic mass is 10.1. The monoisotopic (exact) mass is 422 g/mol. The summed E-state index contributed by atoms with van der Waals surface area (Å²) >= 11 is 1.90. The molecule has 0 saturated heterocycles. The van der Waals surface area contributed by atoms with Gasteiger partial charge in [-0.1, -0.05) is 53.7 Å².